The van der Waals surface area contributed by atoms with Gasteiger partial charge in [0.25, 0.3) is 0 Å². The predicted molar refractivity (Wildman–Crippen MR) is 140 cm³/mol. The highest BCUT2D eigenvalue weighted by atomic mass is 35.5. The van der Waals surface area contributed by atoms with Crippen molar-refractivity contribution in [3.63, 3.8) is 0 Å². The number of carboxylic acids is 1. The molecule has 2 aromatic heterocycles. The maximum atomic E-state index is 12.9. The number of nitrogens with zero attached hydrogens (tertiary/aromatic N) is 2. The number of pyridine rings is 1. The van der Waals surface area contributed by atoms with Crippen LogP contribution in [0, 0.1) is 0 Å². The van der Waals surface area contributed by atoms with Gasteiger partial charge in [-0.15, -0.1) is 11.6 Å². The molecule has 1 atom stereocenters. The van der Waals surface area contributed by atoms with Gasteiger partial charge in [0.1, 0.15) is 28.8 Å². The second-order valence-corrected chi connectivity index (χ2v) is 9.11. The van der Waals surface area contributed by atoms with Gasteiger partial charge in [-0.1, -0.05) is 12.1 Å². The molecule has 1 unspecified atom stereocenters. The van der Waals surface area contributed by atoms with Crippen molar-refractivity contribution < 1.29 is 29.7 Å². The highest BCUT2D eigenvalue weighted by molar-refractivity contribution is 6.27. The number of aromatic nitrogens is 2. The van der Waals surface area contributed by atoms with Gasteiger partial charge in [0.2, 0.25) is 5.91 Å². The number of halogens is 1. The van der Waals surface area contributed by atoms with Gasteiger partial charge in [0, 0.05) is 42.3 Å². The molecule has 0 fully saturated rings. The molecular formula is C26H22ClN5O6. The highest BCUT2D eigenvalue weighted by Crippen LogP contribution is 2.39. The Labute approximate surface area is 220 Å². The van der Waals surface area contributed by atoms with Crippen LogP contribution in [0.4, 0.5) is 16.3 Å². The van der Waals surface area contributed by atoms with Crippen LogP contribution >= 0.6 is 11.6 Å². The molecule has 12 heteroatoms. The van der Waals surface area contributed by atoms with Gasteiger partial charge in [-0.3, -0.25) is 10.1 Å². The van der Waals surface area contributed by atoms with E-state index in [4.69, 9.17) is 16.7 Å². The quantitative estimate of drug-likeness (QED) is 0.210. The van der Waals surface area contributed by atoms with Crippen molar-refractivity contribution in [1.82, 2.24) is 14.9 Å². The van der Waals surface area contributed by atoms with E-state index in [0.29, 0.717) is 28.8 Å². The zero-order valence-electron chi connectivity index (χ0n) is 19.7. The fourth-order valence-electron chi connectivity index (χ4n) is 4.61. The molecule has 6 N–H and O–H groups in total. The van der Waals surface area contributed by atoms with Crippen LogP contribution in [0.2, 0.25) is 0 Å². The summed E-state index contributed by atoms with van der Waals surface area (Å²) in [6.45, 7) is 0.583. The third kappa shape index (κ3) is 4.91. The van der Waals surface area contributed by atoms with E-state index >= 15 is 0 Å². The highest BCUT2D eigenvalue weighted by Gasteiger charge is 2.31. The van der Waals surface area contributed by atoms with Crippen molar-refractivity contribution in [2.75, 3.05) is 23.1 Å². The van der Waals surface area contributed by atoms with Crippen molar-refractivity contribution >= 4 is 52.0 Å². The van der Waals surface area contributed by atoms with Crippen molar-refractivity contribution in [1.29, 1.82) is 0 Å². The summed E-state index contributed by atoms with van der Waals surface area (Å²) in [6.07, 6.45) is 1.21. The number of aromatic carboxylic acids is 1. The normalized spacial score (nSPS) is 14.7. The average Bonchev–Trinajstić information content (AvgIpc) is 3.29. The Balaban J connectivity index is 1.44. The Morgan fingerprint density at radius 2 is 1.79 bits per heavy atom. The second kappa shape index (κ2) is 9.94. The number of rotatable bonds is 5. The molecule has 38 heavy (non-hydrogen) atoms. The number of carboxylic acid groups (broad SMARTS) is 1. The minimum Gasteiger partial charge on any atom is -0.508 e. The molecule has 5 rings (SSSR count). The summed E-state index contributed by atoms with van der Waals surface area (Å²) >= 11 is 5.82. The lowest BCUT2D eigenvalue weighted by Gasteiger charge is -2.35. The maximum absolute atomic E-state index is 12.9. The molecule has 11 nitrogen and oxygen atoms in total. The van der Waals surface area contributed by atoms with Crippen LogP contribution in [0.25, 0.3) is 11.0 Å². The molecule has 4 aromatic rings. The van der Waals surface area contributed by atoms with Gasteiger partial charge in [-0.2, -0.15) is 0 Å². The molecule has 0 aliphatic carbocycles. The van der Waals surface area contributed by atoms with E-state index in [1.54, 1.807) is 35.2 Å². The van der Waals surface area contributed by atoms with Crippen molar-refractivity contribution in [2.45, 2.75) is 12.5 Å². The fourth-order valence-corrected chi connectivity index (χ4v) is 4.78. The molecule has 194 valence electrons. The summed E-state index contributed by atoms with van der Waals surface area (Å²) in [5.41, 5.74) is 2.93. The smallest absolute Gasteiger partial charge is 0.337 e. The molecule has 3 amide bonds. The number of amides is 3. The first-order valence-corrected chi connectivity index (χ1v) is 12.0. The van der Waals surface area contributed by atoms with Gasteiger partial charge >= 0.3 is 12.0 Å². The van der Waals surface area contributed by atoms with Gasteiger partial charge in [-0.05, 0) is 47.0 Å². The number of hydrogen-bond donors (Lipinski definition) is 6. The number of nitrogens with one attached hydrogen (secondary N) is 3. The third-order valence-electron chi connectivity index (χ3n) is 6.36. The molecular weight excluding hydrogens is 514 g/mol. The number of benzene rings is 2. The predicted octanol–water partition coefficient (Wildman–Crippen LogP) is 4.03. The number of alkyl halides is 1. The largest absolute Gasteiger partial charge is 0.508 e. The van der Waals surface area contributed by atoms with Crippen LogP contribution in [-0.4, -0.2) is 60.5 Å². The number of carbonyl (C=O) groups is 3. The summed E-state index contributed by atoms with van der Waals surface area (Å²) in [6, 6.07) is 11.8. The maximum Gasteiger partial charge on any atom is 0.337 e. The van der Waals surface area contributed by atoms with E-state index in [2.05, 4.69) is 20.6 Å². The number of fused-ring (bicyclic) bond motifs is 2. The summed E-state index contributed by atoms with van der Waals surface area (Å²) in [4.78, 5) is 45.2. The first kappa shape index (κ1) is 24.9. The Hall–Kier alpha value is -4.77. The first-order chi connectivity index (χ1) is 18.2. The average molecular weight is 536 g/mol. The van der Waals surface area contributed by atoms with Crippen LogP contribution in [-0.2, 0) is 11.3 Å². The van der Waals surface area contributed by atoms with E-state index in [9.17, 15) is 24.6 Å². The summed E-state index contributed by atoms with van der Waals surface area (Å²) in [5.74, 6) is -1.72. The van der Waals surface area contributed by atoms with Crippen LogP contribution in [0.15, 0.2) is 54.7 Å². The molecule has 1 aliphatic rings. The molecule has 0 saturated heterocycles. The standard InChI is InChI=1S/C26H22ClN5O6/c27-9-23(35)32-11-13-1-2-16(33)7-19(13)20(12-32)18-4-3-17(34)8-21(18)29-26(38)31-22-6-14-5-15(25(36)37)10-28-24(14)30-22/h1-8,10,20,33-34H,9,11-12H2,(H,28,30)(H,36,37)(H2,29,31,38). The van der Waals surface area contributed by atoms with Crippen LogP contribution in [0.5, 0.6) is 11.5 Å². The molecule has 3 heterocycles. The van der Waals surface area contributed by atoms with E-state index in [0.717, 1.165) is 11.1 Å². The molecule has 2 aromatic carbocycles. The minimum absolute atomic E-state index is 0.0115. The lowest BCUT2D eigenvalue weighted by Crippen LogP contribution is -2.39. The van der Waals surface area contributed by atoms with Crippen molar-refractivity contribution in [3.8, 4) is 11.5 Å². The second-order valence-electron chi connectivity index (χ2n) is 8.84. The zero-order valence-corrected chi connectivity index (χ0v) is 20.5. The van der Waals surface area contributed by atoms with Crippen LogP contribution < -0.4 is 10.6 Å². The number of hydrogen-bond acceptors (Lipinski definition) is 6. The van der Waals surface area contributed by atoms with Gasteiger partial charge < -0.3 is 30.5 Å². The van der Waals surface area contributed by atoms with E-state index < -0.39 is 17.9 Å². The molecule has 0 bridgehead atoms. The summed E-state index contributed by atoms with van der Waals surface area (Å²) in [7, 11) is 0. The van der Waals surface area contributed by atoms with Crippen LogP contribution in [0.1, 0.15) is 33.0 Å². The SMILES string of the molecule is O=C(Nc1cc2cc(C(=O)O)cnc2[nH]1)Nc1cc(O)ccc1C1CN(C(=O)CCl)Cc2ccc(O)cc21. The number of urea groups is 1. The number of aromatic amines is 1. The molecule has 0 saturated carbocycles. The molecule has 0 spiro atoms. The van der Waals surface area contributed by atoms with E-state index in [1.165, 1.54) is 24.4 Å². The van der Waals surface area contributed by atoms with E-state index in [-0.39, 0.29) is 41.2 Å². The van der Waals surface area contributed by atoms with E-state index in [1.807, 2.05) is 0 Å². The Morgan fingerprint density at radius 3 is 2.55 bits per heavy atom. The lowest BCUT2D eigenvalue weighted by atomic mass is 9.83. The number of phenols is 2. The van der Waals surface area contributed by atoms with Crippen molar-refractivity contribution in [2.24, 2.45) is 0 Å². The Bertz CT molecular complexity index is 1590. The van der Waals surface area contributed by atoms with Crippen molar-refractivity contribution in [3.05, 3.63) is 77.0 Å². The topological polar surface area (TPSA) is 168 Å². The Morgan fingerprint density at radius 1 is 1.03 bits per heavy atom. The van der Waals surface area contributed by atoms with Crippen LogP contribution in [0.3, 0.4) is 0 Å². The first-order valence-electron chi connectivity index (χ1n) is 11.5. The minimum atomic E-state index is -1.12. The van der Waals surface area contributed by atoms with Gasteiger partial charge in [-0.25, -0.2) is 14.6 Å². The molecule has 0 radical (unpaired) electrons. The van der Waals surface area contributed by atoms with Gasteiger partial charge in [0.05, 0.1) is 5.56 Å². The zero-order chi connectivity index (χ0) is 27.0. The number of carbonyl (C=O) groups excluding carboxylic acids is 2. The monoisotopic (exact) mass is 535 g/mol. The number of anilines is 2. The lowest BCUT2D eigenvalue weighted by molar-refractivity contribution is -0.129. The number of phenolic OH excluding ortho intramolecular Hbond substituents is 2. The third-order valence-corrected chi connectivity index (χ3v) is 6.59. The summed E-state index contributed by atoms with van der Waals surface area (Å²) < 4.78 is 0. The van der Waals surface area contributed by atoms with Gasteiger partial charge in [0.15, 0.2) is 0 Å². The Kier molecular flexibility index (Phi) is 6.52. The summed E-state index contributed by atoms with van der Waals surface area (Å²) in [5, 5.41) is 35.4. The molecule has 1 aliphatic heterocycles. The fraction of sp³-hybridized carbons (Fsp3) is 0.154. The number of H-pyrrole nitrogens is 1. The number of aromatic hydroxyl groups is 2.